The molecular weight excluding hydrogens is 292 g/mol. The predicted octanol–water partition coefficient (Wildman–Crippen LogP) is 1.34. The molecule has 3 rings (SSSR count). The Morgan fingerprint density at radius 1 is 1.39 bits per heavy atom. The van der Waals surface area contributed by atoms with Crippen molar-refractivity contribution in [3.05, 3.63) is 36.2 Å². The number of nitrogens with one attached hydrogen (secondary N) is 2. The Bertz CT molecular complexity index is 666. The number of hydrogen-bond donors (Lipinski definition) is 2. The smallest absolute Gasteiger partial charge is 0.238 e. The zero-order valence-electron chi connectivity index (χ0n) is 13.5. The van der Waals surface area contributed by atoms with E-state index in [2.05, 4.69) is 39.5 Å². The molecule has 3 heterocycles. The topological polar surface area (TPSA) is 84.7 Å². The molecule has 1 aliphatic heterocycles. The third kappa shape index (κ3) is 3.92. The van der Waals surface area contributed by atoms with Crippen LogP contribution in [-0.4, -0.2) is 38.2 Å². The normalized spacial score (nSPS) is 17.1. The zero-order valence-corrected chi connectivity index (χ0v) is 13.5. The molecule has 2 aromatic heterocycles. The van der Waals surface area contributed by atoms with Gasteiger partial charge in [0, 0.05) is 36.5 Å². The van der Waals surface area contributed by atoms with Gasteiger partial charge in [0.2, 0.25) is 5.91 Å². The van der Waals surface area contributed by atoms with E-state index in [1.165, 1.54) is 0 Å². The second-order valence-corrected chi connectivity index (χ2v) is 6.12. The highest BCUT2D eigenvalue weighted by Gasteiger charge is 2.22. The molecule has 122 valence electrons. The van der Waals surface area contributed by atoms with Gasteiger partial charge < -0.3 is 10.6 Å². The van der Waals surface area contributed by atoms with Crippen LogP contribution in [0.3, 0.4) is 0 Å². The fourth-order valence-corrected chi connectivity index (χ4v) is 2.62. The molecule has 23 heavy (non-hydrogen) atoms. The molecule has 1 amide bonds. The number of aromatic nitrogens is 4. The molecule has 2 aromatic rings. The first-order valence-electron chi connectivity index (χ1n) is 7.98. The van der Waals surface area contributed by atoms with Gasteiger partial charge >= 0.3 is 0 Å². The summed E-state index contributed by atoms with van der Waals surface area (Å²) in [5, 5.41) is 10.7. The minimum Gasteiger partial charge on any atom is -0.325 e. The van der Waals surface area contributed by atoms with E-state index in [1.807, 2.05) is 4.68 Å². The van der Waals surface area contributed by atoms with E-state index >= 15 is 0 Å². The van der Waals surface area contributed by atoms with Crippen molar-refractivity contribution in [2.24, 2.45) is 0 Å². The summed E-state index contributed by atoms with van der Waals surface area (Å²) in [4.78, 5) is 20.5. The largest absolute Gasteiger partial charge is 0.325 e. The Morgan fingerprint density at radius 2 is 2.17 bits per heavy atom. The van der Waals surface area contributed by atoms with Crippen molar-refractivity contribution in [3.8, 4) is 0 Å². The first kappa shape index (κ1) is 15.6. The lowest BCUT2D eigenvalue weighted by Crippen LogP contribution is -2.41. The van der Waals surface area contributed by atoms with Gasteiger partial charge in [0.1, 0.15) is 5.82 Å². The number of carbonyl (C=O) groups is 1. The summed E-state index contributed by atoms with van der Waals surface area (Å²) in [7, 11) is 0. The fourth-order valence-electron chi connectivity index (χ4n) is 2.62. The summed E-state index contributed by atoms with van der Waals surface area (Å²) in [6, 6.07) is 3.79. The summed E-state index contributed by atoms with van der Waals surface area (Å²) >= 11 is 0. The number of nitrogens with zero attached hydrogens (tertiary/aromatic N) is 4. The maximum absolute atomic E-state index is 12.0. The van der Waals surface area contributed by atoms with Gasteiger partial charge in [0.05, 0.1) is 13.1 Å². The maximum atomic E-state index is 12.0. The summed E-state index contributed by atoms with van der Waals surface area (Å²) in [6.07, 6.45) is 5.17. The van der Waals surface area contributed by atoms with E-state index in [4.69, 9.17) is 0 Å². The van der Waals surface area contributed by atoms with Crippen LogP contribution in [0.2, 0.25) is 0 Å². The lowest BCUT2D eigenvalue weighted by atomic mass is 10.1. The van der Waals surface area contributed by atoms with Gasteiger partial charge in [-0.05, 0) is 18.6 Å². The number of pyridine rings is 1. The monoisotopic (exact) mass is 314 g/mol. The van der Waals surface area contributed by atoms with E-state index in [0.717, 1.165) is 36.7 Å². The third-order valence-corrected chi connectivity index (χ3v) is 3.91. The number of fused-ring (bicyclic) bond motifs is 1. The van der Waals surface area contributed by atoms with Crippen molar-refractivity contribution >= 4 is 11.6 Å². The van der Waals surface area contributed by atoms with E-state index in [9.17, 15) is 4.79 Å². The molecule has 0 aromatic carbocycles. The van der Waals surface area contributed by atoms with Gasteiger partial charge in [-0.2, -0.15) is 5.10 Å². The zero-order chi connectivity index (χ0) is 16.2. The summed E-state index contributed by atoms with van der Waals surface area (Å²) in [5.74, 6) is 2.23. The second-order valence-electron chi connectivity index (χ2n) is 6.12. The fraction of sp³-hybridized carbons (Fsp3) is 0.500. The quantitative estimate of drug-likeness (QED) is 0.870. The number of anilines is 1. The minimum atomic E-state index is -0.0524. The van der Waals surface area contributed by atoms with Crippen molar-refractivity contribution in [2.75, 3.05) is 11.9 Å². The average Bonchev–Trinajstić information content (AvgIpc) is 2.97. The van der Waals surface area contributed by atoms with Crippen LogP contribution in [0.5, 0.6) is 0 Å². The Hall–Kier alpha value is -2.28. The van der Waals surface area contributed by atoms with E-state index in [0.29, 0.717) is 5.92 Å². The maximum Gasteiger partial charge on any atom is 0.238 e. The predicted molar refractivity (Wildman–Crippen MR) is 87.1 cm³/mol. The molecule has 0 spiro atoms. The number of hydrogen-bond acceptors (Lipinski definition) is 5. The standard InChI is InChI=1S/C16H22N6O/c1-11(2)16-20-14-4-3-13(10-22(14)21-16)18-9-15(23)19-12-5-7-17-8-6-12/h5-8,11,13,18H,3-4,9-10H2,1-2H3,(H,17,19,23). The number of aryl methyl sites for hydroxylation is 1. The highest BCUT2D eigenvalue weighted by atomic mass is 16.1. The molecule has 1 aliphatic rings. The molecule has 0 saturated carbocycles. The molecule has 2 N–H and O–H groups in total. The Labute approximate surface area is 135 Å². The molecular formula is C16H22N6O. The Balaban J connectivity index is 1.50. The van der Waals surface area contributed by atoms with Gasteiger partial charge in [-0.15, -0.1) is 0 Å². The Morgan fingerprint density at radius 3 is 2.91 bits per heavy atom. The number of rotatable bonds is 5. The van der Waals surface area contributed by atoms with Crippen LogP contribution in [-0.2, 0) is 17.8 Å². The molecule has 7 nitrogen and oxygen atoms in total. The van der Waals surface area contributed by atoms with Gasteiger partial charge in [0.15, 0.2) is 5.82 Å². The van der Waals surface area contributed by atoms with Gasteiger partial charge in [-0.25, -0.2) is 9.67 Å². The van der Waals surface area contributed by atoms with Crippen molar-refractivity contribution in [1.29, 1.82) is 0 Å². The molecule has 0 saturated heterocycles. The molecule has 0 radical (unpaired) electrons. The average molecular weight is 314 g/mol. The highest BCUT2D eigenvalue weighted by Crippen LogP contribution is 2.16. The summed E-state index contributed by atoms with van der Waals surface area (Å²) in [6.45, 7) is 5.24. The summed E-state index contributed by atoms with van der Waals surface area (Å²) < 4.78 is 1.97. The molecule has 7 heteroatoms. The van der Waals surface area contributed by atoms with Crippen LogP contribution in [0, 0.1) is 0 Å². The van der Waals surface area contributed by atoms with Gasteiger partial charge in [0.25, 0.3) is 0 Å². The van der Waals surface area contributed by atoms with Crippen LogP contribution >= 0.6 is 0 Å². The highest BCUT2D eigenvalue weighted by molar-refractivity contribution is 5.92. The van der Waals surface area contributed by atoms with E-state index < -0.39 is 0 Å². The van der Waals surface area contributed by atoms with Crippen LogP contribution in [0.25, 0.3) is 0 Å². The van der Waals surface area contributed by atoms with Crippen LogP contribution in [0.15, 0.2) is 24.5 Å². The van der Waals surface area contributed by atoms with E-state index in [1.54, 1.807) is 24.5 Å². The molecule has 0 aliphatic carbocycles. The van der Waals surface area contributed by atoms with Crippen molar-refractivity contribution < 1.29 is 4.79 Å². The minimum absolute atomic E-state index is 0.0524. The van der Waals surface area contributed by atoms with Gasteiger partial charge in [-0.3, -0.25) is 9.78 Å². The first-order chi connectivity index (χ1) is 11.1. The molecule has 0 bridgehead atoms. The van der Waals surface area contributed by atoms with Crippen molar-refractivity contribution in [2.45, 2.75) is 45.2 Å². The van der Waals surface area contributed by atoms with Crippen LogP contribution in [0.4, 0.5) is 5.69 Å². The first-order valence-corrected chi connectivity index (χ1v) is 7.98. The van der Waals surface area contributed by atoms with E-state index in [-0.39, 0.29) is 18.5 Å². The van der Waals surface area contributed by atoms with Gasteiger partial charge in [-0.1, -0.05) is 13.8 Å². The number of amides is 1. The number of carbonyl (C=O) groups excluding carboxylic acids is 1. The van der Waals surface area contributed by atoms with Crippen molar-refractivity contribution in [1.82, 2.24) is 25.1 Å². The second kappa shape index (κ2) is 6.87. The van der Waals surface area contributed by atoms with Crippen LogP contribution in [0.1, 0.15) is 37.8 Å². The SMILES string of the molecule is CC(C)c1nc2n(n1)CC(NCC(=O)Nc1ccncc1)CC2. The molecule has 0 fully saturated rings. The molecule has 1 atom stereocenters. The molecule has 1 unspecified atom stereocenters. The lowest BCUT2D eigenvalue weighted by molar-refractivity contribution is -0.115. The lowest BCUT2D eigenvalue weighted by Gasteiger charge is -2.23. The third-order valence-electron chi connectivity index (χ3n) is 3.91. The summed E-state index contributed by atoms with van der Waals surface area (Å²) in [5.41, 5.74) is 0.760. The van der Waals surface area contributed by atoms with Crippen molar-refractivity contribution in [3.63, 3.8) is 0 Å². The van der Waals surface area contributed by atoms with Crippen LogP contribution < -0.4 is 10.6 Å². The Kier molecular flexibility index (Phi) is 4.66.